The molecule has 1 heterocycles. The standard InChI is InChI=1S/C9H17NO4S/c1-2-4-8(7-9(11)12)10-5-3-6-15(10,13)14/h8H,2-7H2,1H3,(H,11,12). The van der Waals surface area contributed by atoms with Crippen LogP contribution in [0.5, 0.6) is 0 Å². The molecule has 0 aromatic carbocycles. The molecule has 1 unspecified atom stereocenters. The van der Waals surface area contributed by atoms with Crippen molar-refractivity contribution in [3.05, 3.63) is 0 Å². The molecular formula is C9H17NO4S. The van der Waals surface area contributed by atoms with Gasteiger partial charge in [-0.15, -0.1) is 0 Å². The average Bonchev–Trinajstić information content (AvgIpc) is 2.43. The van der Waals surface area contributed by atoms with Gasteiger partial charge in [0.15, 0.2) is 0 Å². The predicted molar refractivity (Wildman–Crippen MR) is 56.1 cm³/mol. The molecule has 1 aliphatic heterocycles. The summed E-state index contributed by atoms with van der Waals surface area (Å²) in [7, 11) is -3.18. The highest BCUT2D eigenvalue weighted by Gasteiger charge is 2.34. The van der Waals surface area contributed by atoms with Crippen molar-refractivity contribution < 1.29 is 18.3 Å². The third-order valence-electron chi connectivity index (χ3n) is 2.58. The van der Waals surface area contributed by atoms with Gasteiger partial charge in [0.1, 0.15) is 0 Å². The van der Waals surface area contributed by atoms with Crippen LogP contribution in [0.25, 0.3) is 0 Å². The molecule has 0 bridgehead atoms. The molecule has 15 heavy (non-hydrogen) atoms. The molecule has 1 aliphatic rings. The first-order chi connectivity index (χ1) is 6.97. The van der Waals surface area contributed by atoms with Crippen molar-refractivity contribution in [1.82, 2.24) is 4.31 Å². The van der Waals surface area contributed by atoms with E-state index in [2.05, 4.69) is 0 Å². The summed E-state index contributed by atoms with van der Waals surface area (Å²) in [5.41, 5.74) is 0. The Balaban J connectivity index is 2.75. The van der Waals surface area contributed by atoms with E-state index < -0.39 is 16.0 Å². The highest BCUT2D eigenvalue weighted by Crippen LogP contribution is 2.22. The Morgan fingerprint density at radius 2 is 2.20 bits per heavy atom. The van der Waals surface area contributed by atoms with Crippen LogP contribution in [0.15, 0.2) is 0 Å². The molecule has 0 aromatic heterocycles. The normalized spacial score (nSPS) is 22.7. The van der Waals surface area contributed by atoms with Gasteiger partial charge < -0.3 is 5.11 Å². The zero-order chi connectivity index (χ0) is 11.5. The maximum Gasteiger partial charge on any atom is 0.304 e. The van der Waals surface area contributed by atoms with E-state index in [1.807, 2.05) is 6.92 Å². The van der Waals surface area contributed by atoms with Gasteiger partial charge in [0.2, 0.25) is 10.0 Å². The lowest BCUT2D eigenvalue weighted by Gasteiger charge is -2.24. The number of rotatable bonds is 5. The second kappa shape index (κ2) is 4.94. The minimum absolute atomic E-state index is 0.0902. The van der Waals surface area contributed by atoms with E-state index in [1.54, 1.807) is 0 Å². The fourth-order valence-corrected chi connectivity index (χ4v) is 3.72. The summed E-state index contributed by atoms with van der Waals surface area (Å²) in [6.07, 6.45) is 1.94. The number of carbonyl (C=O) groups is 1. The lowest BCUT2D eigenvalue weighted by atomic mass is 10.1. The SMILES string of the molecule is CCCC(CC(=O)O)N1CCCS1(=O)=O. The van der Waals surface area contributed by atoms with E-state index in [0.29, 0.717) is 19.4 Å². The largest absolute Gasteiger partial charge is 0.481 e. The summed E-state index contributed by atoms with van der Waals surface area (Å²) in [6.45, 7) is 2.40. The van der Waals surface area contributed by atoms with Gasteiger partial charge in [-0.3, -0.25) is 4.79 Å². The Hall–Kier alpha value is -0.620. The van der Waals surface area contributed by atoms with Crippen molar-refractivity contribution in [3.63, 3.8) is 0 Å². The van der Waals surface area contributed by atoms with Crippen LogP contribution in [-0.4, -0.2) is 42.1 Å². The maximum atomic E-state index is 11.6. The van der Waals surface area contributed by atoms with Crippen molar-refractivity contribution in [2.75, 3.05) is 12.3 Å². The number of aliphatic carboxylic acids is 1. The van der Waals surface area contributed by atoms with E-state index in [4.69, 9.17) is 5.11 Å². The summed E-state index contributed by atoms with van der Waals surface area (Å²) in [5.74, 6) is -0.775. The second-order valence-corrected chi connectivity index (χ2v) is 5.86. The van der Waals surface area contributed by atoms with Crippen LogP contribution in [0, 0.1) is 0 Å². The molecule has 0 amide bonds. The van der Waals surface area contributed by atoms with E-state index >= 15 is 0 Å². The van der Waals surface area contributed by atoms with Crippen LogP contribution in [0.1, 0.15) is 32.6 Å². The van der Waals surface area contributed by atoms with Crippen LogP contribution in [0.2, 0.25) is 0 Å². The van der Waals surface area contributed by atoms with Gasteiger partial charge in [0.05, 0.1) is 12.2 Å². The number of nitrogens with zero attached hydrogens (tertiary/aromatic N) is 1. The van der Waals surface area contributed by atoms with E-state index in [9.17, 15) is 13.2 Å². The molecule has 1 atom stereocenters. The summed E-state index contributed by atoms with van der Waals surface area (Å²) in [6, 6.07) is -0.361. The molecule has 0 spiro atoms. The van der Waals surface area contributed by atoms with Gasteiger partial charge in [-0.1, -0.05) is 13.3 Å². The second-order valence-electron chi connectivity index (χ2n) is 3.82. The van der Waals surface area contributed by atoms with Crippen LogP contribution >= 0.6 is 0 Å². The summed E-state index contributed by atoms with van der Waals surface area (Å²) >= 11 is 0. The lowest BCUT2D eigenvalue weighted by molar-refractivity contribution is -0.138. The highest BCUT2D eigenvalue weighted by atomic mass is 32.2. The molecule has 0 saturated carbocycles. The van der Waals surface area contributed by atoms with Crippen LogP contribution in [0.4, 0.5) is 0 Å². The number of sulfonamides is 1. The van der Waals surface area contributed by atoms with Gasteiger partial charge in [-0.2, -0.15) is 4.31 Å². The first-order valence-corrected chi connectivity index (χ1v) is 6.79. The molecule has 0 radical (unpaired) electrons. The smallest absolute Gasteiger partial charge is 0.304 e. The number of hydrogen-bond acceptors (Lipinski definition) is 3. The molecular weight excluding hydrogens is 218 g/mol. The first kappa shape index (κ1) is 12.4. The Kier molecular flexibility index (Phi) is 4.10. The minimum Gasteiger partial charge on any atom is -0.481 e. The molecule has 6 heteroatoms. The molecule has 1 saturated heterocycles. The molecule has 0 aliphatic carbocycles. The average molecular weight is 235 g/mol. The van der Waals surface area contributed by atoms with Crippen molar-refractivity contribution in [3.8, 4) is 0 Å². The van der Waals surface area contributed by atoms with Crippen molar-refractivity contribution >= 4 is 16.0 Å². The van der Waals surface area contributed by atoms with Gasteiger partial charge in [0, 0.05) is 12.6 Å². The summed E-state index contributed by atoms with van der Waals surface area (Å²) in [5, 5.41) is 8.72. The zero-order valence-electron chi connectivity index (χ0n) is 8.85. The topological polar surface area (TPSA) is 74.7 Å². The Morgan fingerprint density at radius 3 is 2.60 bits per heavy atom. The third-order valence-corrected chi connectivity index (χ3v) is 4.58. The quantitative estimate of drug-likeness (QED) is 0.759. The Morgan fingerprint density at radius 1 is 1.53 bits per heavy atom. The van der Waals surface area contributed by atoms with Crippen molar-refractivity contribution in [2.24, 2.45) is 0 Å². The maximum absolute atomic E-state index is 11.6. The Labute approximate surface area is 90.1 Å². The highest BCUT2D eigenvalue weighted by molar-refractivity contribution is 7.89. The van der Waals surface area contributed by atoms with Gasteiger partial charge in [-0.05, 0) is 12.8 Å². The molecule has 88 valence electrons. The molecule has 0 aromatic rings. The minimum atomic E-state index is -3.18. The summed E-state index contributed by atoms with van der Waals surface area (Å²) < 4.78 is 24.6. The van der Waals surface area contributed by atoms with Gasteiger partial charge in [0.25, 0.3) is 0 Å². The van der Waals surface area contributed by atoms with Crippen LogP contribution in [0.3, 0.4) is 0 Å². The fraction of sp³-hybridized carbons (Fsp3) is 0.889. The van der Waals surface area contributed by atoms with Crippen molar-refractivity contribution in [2.45, 2.75) is 38.6 Å². The van der Waals surface area contributed by atoms with Gasteiger partial charge >= 0.3 is 5.97 Å². The number of carboxylic acid groups (broad SMARTS) is 1. The van der Waals surface area contributed by atoms with E-state index in [0.717, 1.165) is 6.42 Å². The molecule has 1 N–H and O–H groups in total. The van der Waals surface area contributed by atoms with Crippen LogP contribution < -0.4 is 0 Å². The zero-order valence-corrected chi connectivity index (χ0v) is 9.66. The van der Waals surface area contributed by atoms with Gasteiger partial charge in [-0.25, -0.2) is 8.42 Å². The number of hydrogen-bond donors (Lipinski definition) is 1. The fourth-order valence-electron chi connectivity index (χ4n) is 1.95. The van der Waals surface area contributed by atoms with Crippen LogP contribution in [-0.2, 0) is 14.8 Å². The van der Waals surface area contributed by atoms with E-state index in [1.165, 1.54) is 4.31 Å². The lowest BCUT2D eigenvalue weighted by Crippen LogP contribution is -2.38. The first-order valence-electron chi connectivity index (χ1n) is 5.18. The summed E-state index contributed by atoms with van der Waals surface area (Å²) in [4.78, 5) is 10.6. The molecule has 5 nitrogen and oxygen atoms in total. The Bertz CT molecular complexity index is 325. The third kappa shape index (κ3) is 3.17. The predicted octanol–water partition coefficient (Wildman–Crippen LogP) is 0.665. The van der Waals surface area contributed by atoms with Crippen molar-refractivity contribution in [1.29, 1.82) is 0 Å². The monoisotopic (exact) mass is 235 g/mol. The molecule has 1 fully saturated rings. The number of carboxylic acids is 1. The van der Waals surface area contributed by atoms with E-state index in [-0.39, 0.29) is 18.2 Å². The molecule has 1 rings (SSSR count).